The highest BCUT2D eigenvalue weighted by Crippen LogP contribution is 2.29. The van der Waals surface area contributed by atoms with Crippen LogP contribution in [0.1, 0.15) is 6.92 Å². The van der Waals surface area contributed by atoms with Crippen molar-refractivity contribution in [2.75, 3.05) is 23.1 Å². The minimum Gasteiger partial charge on any atom is -0.495 e. The monoisotopic (exact) mass is 367 g/mol. The second-order valence-electron chi connectivity index (χ2n) is 4.80. The molecule has 2 rings (SSSR count). The van der Waals surface area contributed by atoms with Crippen molar-refractivity contribution in [3.63, 3.8) is 0 Å². The molecule has 0 bridgehead atoms. The van der Waals surface area contributed by atoms with Crippen LogP contribution >= 0.6 is 23.2 Å². The van der Waals surface area contributed by atoms with Crippen LogP contribution in [-0.4, -0.2) is 19.0 Å². The average molecular weight is 368 g/mol. The van der Waals surface area contributed by atoms with E-state index in [4.69, 9.17) is 27.9 Å². The van der Waals surface area contributed by atoms with E-state index in [9.17, 15) is 9.59 Å². The van der Waals surface area contributed by atoms with E-state index >= 15 is 0 Å². The number of amides is 3. The van der Waals surface area contributed by atoms with Gasteiger partial charge in [0.1, 0.15) is 5.75 Å². The SMILES string of the molecule is COc1ccc(NC(=O)Nc2cc(Cl)ccc2Cl)cc1NC(C)=O. The lowest BCUT2D eigenvalue weighted by Gasteiger charge is -2.13. The van der Waals surface area contributed by atoms with E-state index in [0.717, 1.165) is 0 Å². The summed E-state index contributed by atoms with van der Waals surface area (Å²) < 4.78 is 5.16. The number of methoxy groups -OCH3 is 1. The molecule has 0 aliphatic rings. The second-order valence-corrected chi connectivity index (χ2v) is 5.64. The molecule has 3 amide bonds. The Balaban J connectivity index is 2.13. The fourth-order valence-corrected chi connectivity index (χ4v) is 2.29. The molecule has 0 aliphatic carbocycles. The summed E-state index contributed by atoms with van der Waals surface area (Å²) in [7, 11) is 1.49. The van der Waals surface area contributed by atoms with E-state index in [0.29, 0.717) is 32.9 Å². The number of hydrogen-bond donors (Lipinski definition) is 3. The molecule has 0 aliphatic heterocycles. The fourth-order valence-electron chi connectivity index (χ4n) is 1.95. The Kier molecular flexibility index (Phi) is 5.89. The van der Waals surface area contributed by atoms with Crippen molar-refractivity contribution in [2.24, 2.45) is 0 Å². The van der Waals surface area contributed by atoms with Crippen LogP contribution in [0.5, 0.6) is 5.75 Å². The first-order valence-corrected chi connectivity index (χ1v) is 7.63. The Morgan fingerprint density at radius 2 is 1.71 bits per heavy atom. The predicted molar refractivity (Wildman–Crippen MR) is 96.4 cm³/mol. The zero-order valence-electron chi connectivity index (χ0n) is 12.9. The van der Waals surface area contributed by atoms with Gasteiger partial charge in [-0.2, -0.15) is 0 Å². The number of rotatable bonds is 4. The summed E-state index contributed by atoms with van der Waals surface area (Å²) >= 11 is 11.9. The molecule has 24 heavy (non-hydrogen) atoms. The number of hydrogen-bond acceptors (Lipinski definition) is 3. The summed E-state index contributed by atoms with van der Waals surface area (Å²) in [6, 6.07) is 9.10. The number of benzene rings is 2. The number of urea groups is 1. The maximum atomic E-state index is 12.1. The quantitative estimate of drug-likeness (QED) is 0.738. The Morgan fingerprint density at radius 3 is 2.38 bits per heavy atom. The Bertz CT molecular complexity index is 781. The van der Waals surface area contributed by atoms with Gasteiger partial charge in [0.05, 0.1) is 23.5 Å². The van der Waals surface area contributed by atoms with Crippen LogP contribution in [-0.2, 0) is 4.79 Å². The maximum absolute atomic E-state index is 12.1. The molecule has 8 heteroatoms. The Labute approximate surface area is 149 Å². The number of anilines is 3. The van der Waals surface area contributed by atoms with E-state index in [1.54, 1.807) is 36.4 Å². The first kappa shape index (κ1) is 17.9. The molecule has 0 saturated heterocycles. The topological polar surface area (TPSA) is 79.5 Å². The van der Waals surface area contributed by atoms with Crippen molar-refractivity contribution in [3.8, 4) is 5.75 Å². The van der Waals surface area contributed by atoms with Gasteiger partial charge in [0.15, 0.2) is 0 Å². The van der Waals surface area contributed by atoms with Crippen molar-refractivity contribution >= 4 is 52.2 Å². The van der Waals surface area contributed by atoms with E-state index in [1.807, 2.05) is 0 Å². The van der Waals surface area contributed by atoms with Gasteiger partial charge < -0.3 is 20.7 Å². The third-order valence-electron chi connectivity index (χ3n) is 2.94. The number of carbonyl (C=O) groups excluding carboxylic acids is 2. The third-order valence-corrected chi connectivity index (χ3v) is 3.51. The standard InChI is InChI=1S/C16H15Cl2N3O3/c1-9(22)19-14-8-11(4-6-15(14)24-2)20-16(23)21-13-7-10(17)3-5-12(13)18/h3-8H,1-2H3,(H,19,22)(H2,20,21,23). The molecule has 2 aromatic rings. The van der Waals surface area contributed by atoms with Gasteiger partial charge in [-0.3, -0.25) is 4.79 Å². The molecular formula is C16H15Cl2N3O3. The van der Waals surface area contributed by atoms with Gasteiger partial charge in [0, 0.05) is 17.6 Å². The fraction of sp³-hybridized carbons (Fsp3) is 0.125. The molecule has 0 radical (unpaired) electrons. The zero-order valence-corrected chi connectivity index (χ0v) is 14.5. The minimum atomic E-state index is -0.502. The van der Waals surface area contributed by atoms with Crippen LogP contribution in [0.25, 0.3) is 0 Å². The summed E-state index contributed by atoms with van der Waals surface area (Å²) in [5.41, 5.74) is 1.30. The van der Waals surface area contributed by atoms with Gasteiger partial charge in [0.2, 0.25) is 5.91 Å². The number of carbonyl (C=O) groups is 2. The molecule has 0 unspecified atom stereocenters. The minimum absolute atomic E-state index is 0.249. The van der Waals surface area contributed by atoms with Gasteiger partial charge in [-0.1, -0.05) is 23.2 Å². The molecule has 126 valence electrons. The lowest BCUT2D eigenvalue weighted by molar-refractivity contribution is -0.114. The molecule has 2 aromatic carbocycles. The highest BCUT2D eigenvalue weighted by Gasteiger charge is 2.10. The summed E-state index contributed by atoms with van der Waals surface area (Å²) in [4.78, 5) is 23.3. The molecule has 0 heterocycles. The smallest absolute Gasteiger partial charge is 0.323 e. The summed E-state index contributed by atoms with van der Waals surface area (Å²) in [6.07, 6.45) is 0. The van der Waals surface area contributed by atoms with Gasteiger partial charge in [0.25, 0.3) is 0 Å². The first-order valence-electron chi connectivity index (χ1n) is 6.87. The van der Waals surface area contributed by atoms with Crippen LogP contribution in [0.15, 0.2) is 36.4 Å². The Morgan fingerprint density at radius 1 is 0.958 bits per heavy atom. The van der Waals surface area contributed by atoms with Crippen LogP contribution in [0.4, 0.5) is 21.9 Å². The van der Waals surface area contributed by atoms with Crippen LogP contribution < -0.4 is 20.7 Å². The number of ether oxygens (including phenoxy) is 1. The Hall–Kier alpha value is -2.44. The molecular weight excluding hydrogens is 353 g/mol. The van der Waals surface area contributed by atoms with Gasteiger partial charge >= 0.3 is 6.03 Å². The van der Waals surface area contributed by atoms with E-state index in [-0.39, 0.29) is 5.91 Å². The summed E-state index contributed by atoms with van der Waals surface area (Å²) in [6.45, 7) is 1.38. The summed E-state index contributed by atoms with van der Waals surface area (Å²) in [5.74, 6) is 0.231. The van der Waals surface area contributed by atoms with Gasteiger partial charge in [-0.25, -0.2) is 4.79 Å². The maximum Gasteiger partial charge on any atom is 0.323 e. The third kappa shape index (κ3) is 4.78. The zero-order chi connectivity index (χ0) is 17.7. The van der Waals surface area contributed by atoms with Crippen LogP contribution in [0.3, 0.4) is 0 Å². The largest absolute Gasteiger partial charge is 0.495 e. The van der Waals surface area contributed by atoms with E-state index in [1.165, 1.54) is 14.0 Å². The van der Waals surface area contributed by atoms with Crippen molar-refractivity contribution < 1.29 is 14.3 Å². The lowest BCUT2D eigenvalue weighted by Crippen LogP contribution is -2.20. The van der Waals surface area contributed by atoms with E-state index < -0.39 is 6.03 Å². The van der Waals surface area contributed by atoms with Crippen molar-refractivity contribution in [1.82, 2.24) is 0 Å². The normalized spacial score (nSPS) is 10.0. The molecule has 0 fully saturated rings. The van der Waals surface area contributed by atoms with Crippen molar-refractivity contribution in [3.05, 3.63) is 46.4 Å². The van der Waals surface area contributed by atoms with E-state index in [2.05, 4.69) is 16.0 Å². The van der Waals surface area contributed by atoms with Crippen molar-refractivity contribution in [1.29, 1.82) is 0 Å². The highest BCUT2D eigenvalue weighted by atomic mass is 35.5. The van der Waals surface area contributed by atoms with Crippen molar-refractivity contribution in [2.45, 2.75) is 6.92 Å². The van der Waals surface area contributed by atoms with Gasteiger partial charge in [-0.05, 0) is 36.4 Å². The van der Waals surface area contributed by atoms with Gasteiger partial charge in [-0.15, -0.1) is 0 Å². The lowest BCUT2D eigenvalue weighted by atomic mass is 10.2. The highest BCUT2D eigenvalue weighted by molar-refractivity contribution is 6.35. The molecule has 6 nitrogen and oxygen atoms in total. The second kappa shape index (κ2) is 7.90. The number of halogens is 2. The first-order chi connectivity index (χ1) is 11.4. The molecule has 0 aromatic heterocycles. The number of nitrogens with one attached hydrogen (secondary N) is 3. The summed E-state index contributed by atoms with van der Waals surface area (Å²) in [5, 5.41) is 8.69. The predicted octanol–water partition coefficient (Wildman–Crippen LogP) is 4.60. The molecule has 0 spiro atoms. The molecule has 0 atom stereocenters. The van der Waals surface area contributed by atoms with Crippen LogP contribution in [0.2, 0.25) is 10.0 Å². The average Bonchev–Trinajstić information content (AvgIpc) is 2.50. The van der Waals surface area contributed by atoms with Crippen LogP contribution in [0, 0.1) is 0 Å². The molecule has 3 N–H and O–H groups in total. The molecule has 0 saturated carbocycles.